The van der Waals surface area contributed by atoms with Crippen molar-refractivity contribution < 1.29 is 4.79 Å². The Bertz CT molecular complexity index is 830. The molecule has 1 N–H and O–H groups in total. The van der Waals surface area contributed by atoms with E-state index >= 15 is 0 Å². The molecule has 0 aliphatic carbocycles. The lowest BCUT2D eigenvalue weighted by atomic mass is 10.1. The highest BCUT2D eigenvalue weighted by atomic mass is 32.2. The molecular weight excluding hydrogens is 328 g/mol. The molecule has 1 heterocycles. The maximum atomic E-state index is 13.0. The van der Waals surface area contributed by atoms with Gasteiger partial charge in [0.1, 0.15) is 11.1 Å². The molecule has 0 unspecified atom stereocenters. The zero-order valence-electron chi connectivity index (χ0n) is 14.3. The number of amides is 1. The molecule has 0 saturated carbocycles. The highest BCUT2D eigenvalue weighted by Crippen LogP contribution is 2.36. The van der Waals surface area contributed by atoms with Gasteiger partial charge in [0.2, 0.25) is 5.91 Å². The molecule has 3 rings (SSSR count). The fourth-order valence-electron chi connectivity index (χ4n) is 2.63. The van der Waals surface area contributed by atoms with Crippen LogP contribution in [0.15, 0.2) is 77.7 Å². The molecule has 1 aromatic heterocycles. The van der Waals surface area contributed by atoms with Crippen molar-refractivity contribution >= 4 is 23.5 Å². The Labute approximate surface area is 152 Å². The predicted molar refractivity (Wildman–Crippen MR) is 104 cm³/mol. The Hall–Kier alpha value is -2.59. The van der Waals surface area contributed by atoms with Crippen LogP contribution in [-0.2, 0) is 4.79 Å². The van der Waals surface area contributed by atoms with Crippen LogP contribution in [0.4, 0.5) is 5.82 Å². The smallest absolute Gasteiger partial charge is 0.243 e. The number of nitrogens with zero attached hydrogens (tertiary/aromatic N) is 1. The maximum absolute atomic E-state index is 13.0. The topological polar surface area (TPSA) is 42.0 Å². The van der Waals surface area contributed by atoms with Gasteiger partial charge in [0.15, 0.2) is 0 Å². The lowest BCUT2D eigenvalue weighted by molar-refractivity contribution is -0.115. The van der Waals surface area contributed by atoms with Gasteiger partial charge in [-0.3, -0.25) is 4.79 Å². The third-order valence-electron chi connectivity index (χ3n) is 3.69. The van der Waals surface area contributed by atoms with Crippen molar-refractivity contribution in [2.75, 3.05) is 5.32 Å². The molecule has 0 spiro atoms. The summed E-state index contributed by atoms with van der Waals surface area (Å²) in [4.78, 5) is 18.4. The fraction of sp³-hybridized carbons (Fsp3) is 0.143. The number of benzene rings is 2. The number of nitrogens with one attached hydrogen (secondary N) is 1. The van der Waals surface area contributed by atoms with E-state index in [1.165, 1.54) is 11.8 Å². The lowest BCUT2D eigenvalue weighted by Crippen LogP contribution is -2.20. The van der Waals surface area contributed by atoms with Crippen LogP contribution in [0.2, 0.25) is 0 Å². The molecule has 0 aliphatic heterocycles. The number of carbonyl (C=O) groups excluding carboxylic acids is 1. The van der Waals surface area contributed by atoms with E-state index in [9.17, 15) is 4.79 Å². The minimum Gasteiger partial charge on any atom is -0.309 e. The molecule has 3 nitrogen and oxygen atoms in total. The van der Waals surface area contributed by atoms with Gasteiger partial charge in [0.05, 0.1) is 0 Å². The zero-order valence-corrected chi connectivity index (χ0v) is 15.1. The Morgan fingerprint density at radius 1 is 0.960 bits per heavy atom. The summed E-state index contributed by atoms with van der Waals surface area (Å²) < 4.78 is 0. The standard InChI is InChI=1S/C21H20N2OS/c1-15-13-16(2)22-19(14-15)23-21(24)20(17-9-5-3-6-10-17)25-18-11-7-4-8-12-18/h3-14,20H,1-2H3,(H,22,23,24)/t20-/m0/s1. The van der Waals surface area contributed by atoms with Gasteiger partial charge in [0, 0.05) is 10.6 Å². The number of aromatic nitrogens is 1. The van der Waals surface area contributed by atoms with Gasteiger partial charge in [0.25, 0.3) is 0 Å². The quantitative estimate of drug-likeness (QED) is 0.647. The van der Waals surface area contributed by atoms with Gasteiger partial charge in [-0.05, 0) is 49.2 Å². The van der Waals surface area contributed by atoms with Crippen molar-refractivity contribution in [3.63, 3.8) is 0 Å². The number of hydrogen-bond acceptors (Lipinski definition) is 3. The van der Waals surface area contributed by atoms with Gasteiger partial charge < -0.3 is 5.32 Å². The summed E-state index contributed by atoms with van der Waals surface area (Å²) in [6, 6.07) is 23.7. The second kappa shape index (κ2) is 7.99. The van der Waals surface area contributed by atoms with E-state index in [1.807, 2.05) is 86.6 Å². The van der Waals surface area contributed by atoms with Crippen molar-refractivity contribution in [2.24, 2.45) is 0 Å². The van der Waals surface area contributed by atoms with Crippen LogP contribution >= 0.6 is 11.8 Å². The fourth-order valence-corrected chi connectivity index (χ4v) is 3.68. The summed E-state index contributed by atoms with van der Waals surface area (Å²) >= 11 is 1.54. The second-order valence-corrected chi connectivity index (χ2v) is 7.06. The summed E-state index contributed by atoms with van der Waals surface area (Å²) in [5.74, 6) is 0.523. The largest absolute Gasteiger partial charge is 0.309 e. The third-order valence-corrected chi connectivity index (χ3v) is 4.95. The summed E-state index contributed by atoms with van der Waals surface area (Å²) in [7, 11) is 0. The molecule has 4 heteroatoms. The van der Waals surface area contributed by atoms with Crippen LogP contribution in [0.3, 0.4) is 0 Å². The van der Waals surface area contributed by atoms with Crippen molar-refractivity contribution in [2.45, 2.75) is 24.0 Å². The Balaban J connectivity index is 1.86. The van der Waals surface area contributed by atoms with Gasteiger partial charge in [-0.15, -0.1) is 11.8 Å². The average Bonchev–Trinajstić information content (AvgIpc) is 2.60. The first-order chi connectivity index (χ1) is 12.1. The first kappa shape index (κ1) is 17.2. The zero-order chi connectivity index (χ0) is 17.6. The van der Waals surface area contributed by atoms with Crippen LogP contribution in [0.1, 0.15) is 22.1 Å². The molecule has 1 amide bonds. The van der Waals surface area contributed by atoms with Crippen molar-refractivity contribution in [3.05, 3.63) is 89.6 Å². The van der Waals surface area contributed by atoms with Gasteiger partial charge in [-0.25, -0.2) is 4.98 Å². The van der Waals surface area contributed by atoms with Crippen LogP contribution in [0.25, 0.3) is 0 Å². The monoisotopic (exact) mass is 348 g/mol. The predicted octanol–water partition coefficient (Wildman–Crippen LogP) is 5.17. The lowest BCUT2D eigenvalue weighted by Gasteiger charge is -2.17. The van der Waals surface area contributed by atoms with E-state index in [2.05, 4.69) is 10.3 Å². The highest BCUT2D eigenvalue weighted by Gasteiger charge is 2.22. The molecule has 3 aromatic rings. The van der Waals surface area contributed by atoms with E-state index in [0.717, 1.165) is 21.7 Å². The van der Waals surface area contributed by atoms with Crippen molar-refractivity contribution in [1.29, 1.82) is 0 Å². The third kappa shape index (κ3) is 4.70. The summed E-state index contributed by atoms with van der Waals surface area (Å²) in [6.07, 6.45) is 0. The van der Waals surface area contributed by atoms with Crippen molar-refractivity contribution in [3.8, 4) is 0 Å². The van der Waals surface area contributed by atoms with E-state index in [0.29, 0.717) is 5.82 Å². The normalized spacial score (nSPS) is 11.8. The molecule has 0 fully saturated rings. The summed E-state index contributed by atoms with van der Waals surface area (Å²) in [5.41, 5.74) is 2.94. The van der Waals surface area contributed by atoms with Gasteiger partial charge >= 0.3 is 0 Å². The number of aryl methyl sites for hydroxylation is 2. The van der Waals surface area contributed by atoms with Gasteiger partial charge in [-0.1, -0.05) is 48.5 Å². The van der Waals surface area contributed by atoms with Crippen LogP contribution in [0.5, 0.6) is 0 Å². The number of hydrogen-bond donors (Lipinski definition) is 1. The van der Waals surface area contributed by atoms with Gasteiger partial charge in [-0.2, -0.15) is 0 Å². The van der Waals surface area contributed by atoms with Crippen molar-refractivity contribution in [1.82, 2.24) is 4.98 Å². The molecular formula is C21H20N2OS. The molecule has 1 atom stereocenters. The molecule has 0 aliphatic rings. The molecule has 126 valence electrons. The number of rotatable bonds is 5. The van der Waals surface area contributed by atoms with Crippen LogP contribution < -0.4 is 5.32 Å². The first-order valence-corrected chi connectivity index (χ1v) is 9.02. The van der Waals surface area contributed by atoms with Crippen LogP contribution in [-0.4, -0.2) is 10.9 Å². The minimum atomic E-state index is -0.341. The molecule has 25 heavy (non-hydrogen) atoms. The highest BCUT2D eigenvalue weighted by molar-refractivity contribution is 8.00. The summed E-state index contributed by atoms with van der Waals surface area (Å²) in [5, 5.41) is 2.63. The number of anilines is 1. The SMILES string of the molecule is Cc1cc(C)nc(NC(=O)[C@@H](Sc2ccccc2)c2ccccc2)c1. The number of pyridine rings is 1. The molecule has 2 aromatic carbocycles. The minimum absolute atomic E-state index is 0.0717. The van der Waals surface area contributed by atoms with E-state index < -0.39 is 0 Å². The molecule has 0 bridgehead atoms. The second-order valence-electron chi connectivity index (χ2n) is 5.88. The molecule has 0 saturated heterocycles. The Morgan fingerprint density at radius 2 is 1.60 bits per heavy atom. The van der Waals surface area contributed by atoms with E-state index in [-0.39, 0.29) is 11.2 Å². The number of thioether (sulfide) groups is 1. The van der Waals surface area contributed by atoms with E-state index in [1.54, 1.807) is 0 Å². The molecule has 0 radical (unpaired) electrons. The number of carbonyl (C=O) groups is 1. The first-order valence-electron chi connectivity index (χ1n) is 8.14. The van der Waals surface area contributed by atoms with Crippen LogP contribution in [0, 0.1) is 13.8 Å². The Morgan fingerprint density at radius 3 is 2.24 bits per heavy atom. The average molecular weight is 348 g/mol. The maximum Gasteiger partial charge on any atom is 0.243 e. The van der Waals surface area contributed by atoms with E-state index in [4.69, 9.17) is 0 Å². The Kier molecular flexibility index (Phi) is 5.51. The summed E-state index contributed by atoms with van der Waals surface area (Å²) in [6.45, 7) is 3.92.